The van der Waals surface area contributed by atoms with Crippen LogP contribution in [-0.2, 0) is 30.4 Å². The molecule has 12 N–H and O–H groups in total. The first kappa shape index (κ1) is 31.2. The van der Waals surface area contributed by atoms with Crippen LogP contribution in [0, 0.1) is 0 Å². The van der Waals surface area contributed by atoms with Crippen molar-refractivity contribution >= 4 is 48.2 Å². The van der Waals surface area contributed by atoms with Gasteiger partial charge in [-0.05, 0) is 18.4 Å². The molecule has 4 unspecified atom stereocenters. The van der Waals surface area contributed by atoms with Gasteiger partial charge in [0.25, 0.3) is 0 Å². The average Bonchev–Trinajstić information content (AvgIpc) is 2.83. The van der Waals surface area contributed by atoms with Crippen molar-refractivity contribution in [3.8, 4) is 0 Å². The van der Waals surface area contributed by atoms with Crippen LogP contribution in [0.5, 0.6) is 0 Å². The van der Waals surface area contributed by atoms with Gasteiger partial charge in [0.2, 0.25) is 23.6 Å². The van der Waals surface area contributed by atoms with E-state index < -0.39 is 60.2 Å². The molecule has 0 heterocycles. The van der Waals surface area contributed by atoms with Crippen LogP contribution in [0.4, 0.5) is 0 Å². The zero-order valence-electron chi connectivity index (χ0n) is 20.1. The summed E-state index contributed by atoms with van der Waals surface area (Å²) in [5.74, 6) is -4.80. The normalized spacial score (nSPS) is 13.8. The summed E-state index contributed by atoms with van der Waals surface area (Å²) in [6.45, 7) is 0.281. The number of aliphatic carboxylic acids is 1. The van der Waals surface area contributed by atoms with Gasteiger partial charge >= 0.3 is 5.97 Å². The zero-order valence-corrected chi connectivity index (χ0v) is 21.0. The molecule has 4 amide bonds. The number of nitrogens with two attached hydrogens (primary N) is 4. The average molecular weight is 539 g/mol. The second kappa shape index (κ2) is 16.0. The largest absolute Gasteiger partial charge is 0.480 e. The minimum Gasteiger partial charge on any atom is -0.480 e. The van der Waals surface area contributed by atoms with Crippen LogP contribution in [0.15, 0.2) is 35.3 Å². The Morgan fingerprint density at radius 3 is 2.00 bits per heavy atom. The van der Waals surface area contributed by atoms with Gasteiger partial charge in [0.1, 0.15) is 18.1 Å². The van der Waals surface area contributed by atoms with Gasteiger partial charge in [0.05, 0.1) is 12.5 Å². The van der Waals surface area contributed by atoms with E-state index in [1.807, 2.05) is 0 Å². The number of aliphatic imine (C=N–C) groups is 1. The first-order valence-corrected chi connectivity index (χ1v) is 12.0. The molecule has 1 rings (SSSR count). The third kappa shape index (κ3) is 12.1. The molecule has 0 aliphatic heterocycles. The van der Waals surface area contributed by atoms with Crippen LogP contribution >= 0.6 is 12.6 Å². The first-order chi connectivity index (χ1) is 17.4. The maximum Gasteiger partial charge on any atom is 0.326 e. The topological polar surface area (TPSA) is 258 Å². The number of benzene rings is 1. The molecule has 0 saturated heterocycles. The Hall–Kier alpha value is -3.85. The molecule has 0 aliphatic carbocycles. The van der Waals surface area contributed by atoms with E-state index in [9.17, 15) is 29.1 Å². The Morgan fingerprint density at radius 2 is 1.46 bits per heavy atom. The maximum atomic E-state index is 12.9. The van der Waals surface area contributed by atoms with Crippen LogP contribution in [0.1, 0.15) is 24.8 Å². The fourth-order valence-electron chi connectivity index (χ4n) is 3.13. The van der Waals surface area contributed by atoms with Crippen molar-refractivity contribution in [2.24, 2.45) is 27.9 Å². The summed E-state index contributed by atoms with van der Waals surface area (Å²) in [5, 5.41) is 16.5. The first-order valence-electron chi connectivity index (χ1n) is 11.3. The number of hydrogen-bond acceptors (Lipinski definition) is 8. The van der Waals surface area contributed by atoms with Crippen LogP contribution in [0.3, 0.4) is 0 Å². The van der Waals surface area contributed by atoms with Gasteiger partial charge in [-0.25, -0.2) is 4.79 Å². The van der Waals surface area contributed by atoms with Crippen LogP contribution in [-0.4, -0.2) is 77.1 Å². The predicted octanol–water partition coefficient (Wildman–Crippen LogP) is -3.05. The van der Waals surface area contributed by atoms with Crippen molar-refractivity contribution in [3.63, 3.8) is 0 Å². The van der Waals surface area contributed by atoms with Crippen molar-refractivity contribution in [1.82, 2.24) is 16.0 Å². The van der Waals surface area contributed by atoms with Crippen LogP contribution in [0.25, 0.3) is 0 Å². The van der Waals surface area contributed by atoms with Gasteiger partial charge in [0.15, 0.2) is 5.96 Å². The number of carbonyl (C=O) groups excluding carboxylic acids is 4. The molecule has 0 fully saturated rings. The molecule has 37 heavy (non-hydrogen) atoms. The molecule has 0 aromatic heterocycles. The summed E-state index contributed by atoms with van der Waals surface area (Å²) in [6, 6.07) is 3.72. The molecule has 4 atom stereocenters. The molecular formula is C22H34N8O6S. The smallest absolute Gasteiger partial charge is 0.326 e. The number of carboxylic acids is 1. The highest BCUT2D eigenvalue weighted by molar-refractivity contribution is 7.80. The minimum absolute atomic E-state index is 0.00112. The molecule has 204 valence electrons. The van der Waals surface area contributed by atoms with Gasteiger partial charge in [-0.1, -0.05) is 30.3 Å². The molecule has 0 radical (unpaired) electrons. The van der Waals surface area contributed by atoms with E-state index in [0.29, 0.717) is 12.0 Å². The van der Waals surface area contributed by atoms with Crippen molar-refractivity contribution in [1.29, 1.82) is 0 Å². The quantitative estimate of drug-likeness (QED) is 0.0447. The van der Waals surface area contributed by atoms with Crippen molar-refractivity contribution in [2.75, 3.05) is 12.3 Å². The second-order valence-electron chi connectivity index (χ2n) is 8.12. The maximum absolute atomic E-state index is 12.9. The number of guanidine groups is 1. The molecule has 0 bridgehead atoms. The number of carbonyl (C=O) groups is 5. The van der Waals surface area contributed by atoms with E-state index >= 15 is 0 Å². The molecule has 15 heteroatoms. The fraction of sp³-hybridized carbons (Fsp3) is 0.455. The number of carboxylic acid groups (broad SMARTS) is 1. The summed E-state index contributed by atoms with van der Waals surface area (Å²) in [5.41, 5.74) is 22.1. The number of rotatable bonds is 16. The monoisotopic (exact) mass is 538 g/mol. The summed E-state index contributed by atoms with van der Waals surface area (Å²) in [7, 11) is 0. The Morgan fingerprint density at radius 1 is 0.892 bits per heavy atom. The highest BCUT2D eigenvalue weighted by Gasteiger charge is 2.30. The van der Waals surface area contributed by atoms with E-state index in [1.54, 1.807) is 30.3 Å². The Labute approximate surface area is 219 Å². The lowest BCUT2D eigenvalue weighted by atomic mass is 10.0. The molecule has 0 saturated carbocycles. The van der Waals surface area contributed by atoms with E-state index in [-0.39, 0.29) is 31.1 Å². The van der Waals surface area contributed by atoms with E-state index in [2.05, 4.69) is 33.6 Å². The van der Waals surface area contributed by atoms with Crippen LogP contribution in [0.2, 0.25) is 0 Å². The van der Waals surface area contributed by atoms with Gasteiger partial charge in [0, 0.05) is 18.7 Å². The van der Waals surface area contributed by atoms with E-state index in [4.69, 9.17) is 22.9 Å². The summed E-state index contributed by atoms with van der Waals surface area (Å²) >= 11 is 4.11. The molecule has 1 aromatic carbocycles. The minimum atomic E-state index is -1.59. The lowest BCUT2D eigenvalue weighted by molar-refractivity contribution is -0.143. The SMILES string of the molecule is NC(=O)CC(NC(=O)C(Cc1ccccc1)NC(=O)C(CS)NC(=O)C(N)CCCN=C(N)N)C(=O)O. The predicted molar refractivity (Wildman–Crippen MR) is 139 cm³/mol. The molecule has 0 spiro atoms. The van der Waals surface area contributed by atoms with Crippen molar-refractivity contribution in [2.45, 2.75) is 49.9 Å². The number of nitrogens with one attached hydrogen (secondary N) is 3. The van der Waals surface area contributed by atoms with E-state index in [1.165, 1.54) is 0 Å². The summed E-state index contributed by atoms with van der Waals surface area (Å²) in [6.07, 6.45) is 0.0426. The van der Waals surface area contributed by atoms with Gasteiger partial charge in [-0.2, -0.15) is 12.6 Å². The second-order valence-corrected chi connectivity index (χ2v) is 8.48. The van der Waals surface area contributed by atoms with Gasteiger partial charge in [-0.3, -0.25) is 24.2 Å². The third-order valence-corrected chi connectivity index (χ3v) is 5.42. The number of primary amides is 1. The number of thiol groups is 1. The third-order valence-electron chi connectivity index (χ3n) is 5.06. The standard InChI is InChI=1S/C22H34N8O6S/c23-13(7-4-8-27-22(25)26)18(32)30-16(11-37)20(34)28-14(9-12-5-2-1-3-6-12)19(33)29-15(21(35)36)10-17(24)31/h1-3,5-6,13-16,37H,4,7-11,23H2,(H2,24,31)(H,28,34)(H,29,33)(H,30,32)(H,35,36)(H4,25,26,27). The molecule has 14 nitrogen and oxygen atoms in total. The summed E-state index contributed by atoms with van der Waals surface area (Å²) < 4.78 is 0. The lowest BCUT2D eigenvalue weighted by Crippen LogP contribution is -2.58. The van der Waals surface area contributed by atoms with Gasteiger partial charge < -0.3 is 44.0 Å². The number of amides is 4. The zero-order chi connectivity index (χ0) is 28.0. The van der Waals surface area contributed by atoms with Gasteiger partial charge in [-0.15, -0.1) is 0 Å². The number of nitrogens with zero attached hydrogens (tertiary/aromatic N) is 1. The highest BCUT2D eigenvalue weighted by atomic mass is 32.1. The van der Waals surface area contributed by atoms with E-state index in [0.717, 1.165) is 0 Å². The number of hydrogen-bond donors (Lipinski definition) is 9. The summed E-state index contributed by atoms with van der Waals surface area (Å²) in [4.78, 5) is 64.7. The Balaban J connectivity index is 2.92. The Bertz CT molecular complexity index is 973. The molecule has 1 aromatic rings. The fourth-order valence-corrected chi connectivity index (χ4v) is 3.39. The lowest BCUT2D eigenvalue weighted by Gasteiger charge is -2.24. The highest BCUT2D eigenvalue weighted by Crippen LogP contribution is 2.06. The molecule has 0 aliphatic rings. The van der Waals surface area contributed by atoms with Crippen molar-refractivity contribution in [3.05, 3.63) is 35.9 Å². The van der Waals surface area contributed by atoms with Crippen LogP contribution < -0.4 is 38.9 Å². The molecular weight excluding hydrogens is 504 g/mol. The van der Waals surface area contributed by atoms with Crippen molar-refractivity contribution < 1.29 is 29.1 Å². The Kier molecular flexibility index (Phi) is 13.5.